The number of aromatic nitrogens is 4. The molecule has 0 saturated heterocycles. The standard InChI is InChI=1S/C19H17N5OS/c1-12-5-3-7-20-17(12)23-19(25)15-9-13(2)22-18-16(15)10-21-24(18)11-14-6-4-8-26-14/h3-10H,11H2,1-2H3,(H,20,23,25). The van der Waals surface area contributed by atoms with E-state index in [2.05, 4.69) is 26.4 Å². The number of nitrogens with zero attached hydrogens (tertiary/aromatic N) is 4. The molecule has 0 atom stereocenters. The number of aryl methyl sites for hydroxylation is 2. The van der Waals surface area contributed by atoms with Gasteiger partial charge in [-0.1, -0.05) is 12.1 Å². The van der Waals surface area contributed by atoms with E-state index in [1.165, 1.54) is 4.88 Å². The Morgan fingerprint density at radius 2 is 2.15 bits per heavy atom. The molecule has 7 heteroatoms. The molecule has 4 aromatic heterocycles. The van der Waals surface area contributed by atoms with E-state index in [0.717, 1.165) is 16.6 Å². The predicted molar refractivity (Wildman–Crippen MR) is 103 cm³/mol. The maximum absolute atomic E-state index is 12.8. The number of amides is 1. The average molecular weight is 363 g/mol. The zero-order valence-corrected chi connectivity index (χ0v) is 15.2. The molecule has 26 heavy (non-hydrogen) atoms. The number of hydrogen-bond acceptors (Lipinski definition) is 5. The number of hydrogen-bond donors (Lipinski definition) is 1. The number of carbonyl (C=O) groups is 1. The molecule has 0 bridgehead atoms. The van der Waals surface area contributed by atoms with Gasteiger partial charge in [0.2, 0.25) is 0 Å². The van der Waals surface area contributed by atoms with Crippen molar-refractivity contribution in [3.63, 3.8) is 0 Å². The van der Waals surface area contributed by atoms with Crippen LogP contribution in [0.1, 0.15) is 26.5 Å². The quantitative estimate of drug-likeness (QED) is 0.598. The van der Waals surface area contributed by atoms with E-state index in [0.29, 0.717) is 23.6 Å². The van der Waals surface area contributed by atoms with Crippen LogP contribution in [0.25, 0.3) is 11.0 Å². The number of carbonyl (C=O) groups excluding carboxylic acids is 1. The smallest absolute Gasteiger partial charge is 0.257 e. The first kappa shape index (κ1) is 16.4. The summed E-state index contributed by atoms with van der Waals surface area (Å²) in [6.07, 6.45) is 3.37. The molecular formula is C19H17N5OS. The van der Waals surface area contributed by atoms with E-state index < -0.39 is 0 Å². The van der Waals surface area contributed by atoms with Crippen LogP contribution in [0.2, 0.25) is 0 Å². The van der Waals surface area contributed by atoms with Gasteiger partial charge in [-0.15, -0.1) is 11.3 Å². The Kier molecular flexibility index (Phi) is 4.22. The van der Waals surface area contributed by atoms with Gasteiger partial charge in [0, 0.05) is 16.8 Å². The molecule has 4 heterocycles. The number of rotatable bonds is 4. The van der Waals surface area contributed by atoms with Crippen LogP contribution in [0.4, 0.5) is 5.82 Å². The van der Waals surface area contributed by atoms with Crippen LogP contribution < -0.4 is 5.32 Å². The van der Waals surface area contributed by atoms with Gasteiger partial charge in [-0.3, -0.25) is 4.79 Å². The molecule has 1 N–H and O–H groups in total. The van der Waals surface area contributed by atoms with Crippen molar-refractivity contribution in [2.24, 2.45) is 0 Å². The number of nitrogens with one attached hydrogen (secondary N) is 1. The third-order valence-corrected chi connectivity index (χ3v) is 4.97. The summed E-state index contributed by atoms with van der Waals surface area (Å²) in [6, 6.07) is 9.61. The summed E-state index contributed by atoms with van der Waals surface area (Å²) < 4.78 is 1.83. The summed E-state index contributed by atoms with van der Waals surface area (Å²) in [5.41, 5.74) is 2.95. The molecule has 1 amide bonds. The minimum atomic E-state index is -0.210. The molecule has 0 aromatic carbocycles. The fourth-order valence-electron chi connectivity index (χ4n) is 2.82. The molecule has 0 aliphatic rings. The van der Waals surface area contributed by atoms with Crippen molar-refractivity contribution < 1.29 is 4.79 Å². The minimum Gasteiger partial charge on any atom is -0.306 e. The molecule has 0 aliphatic heterocycles. The summed E-state index contributed by atoms with van der Waals surface area (Å²) in [7, 11) is 0. The molecule has 4 rings (SSSR count). The van der Waals surface area contributed by atoms with Crippen LogP contribution in [0.5, 0.6) is 0 Å². The Hall–Kier alpha value is -3.06. The average Bonchev–Trinajstić information content (AvgIpc) is 3.27. The highest BCUT2D eigenvalue weighted by Gasteiger charge is 2.17. The molecule has 0 spiro atoms. The third-order valence-electron chi connectivity index (χ3n) is 4.11. The van der Waals surface area contributed by atoms with Crippen molar-refractivity contribution in [1.29, 1.82) is 0 Å². The highest BCUT2D eigenvalue weighted by Crippen LogP contribution is 2.22. The lowest BCUT2D eigenvalue weighted by atomic mass is 10.1. The molecular weight excluding hydrogens is 346 g/mol. The van der Waals surface area contributed by atoms with Gasteiger partial charge in [-0.25, -0.2) is 14.6 Å². The molecule has 0 aliphatic carbocycles. The zero-order valence-electron chi connectivity index (χ0n) is 14.4. The highest BCUT2D eigenvalue weighted by atomic mass is 32.1. The van der Waals surface area contributed by atoms with Crippen LogP contribution in [0, 0.1) is 13.8 Å². The fraction of sp³-hybridized carbons (Fsp3) is 0.158. The molecule has 0 saturated carbocycles. The van der Waals surface area contributed by atoms with Crippen molar-refractivity contribution in [2.45, 2.75) is 20.4 Å². The van der Waals surface area contributed by atoms with Crippen LogP contribution >= 0.6 is 11.3 Å². The number of pyridine rings is 2. The number of fused-ring (bicyclic) bond motifs is 1. The molecule has 0 radical (unpaired) electrons. The van der Waals surface area contributed by atoms with Crippen LogP contribution in [0.15, 0.2) is 48.1 Å². The molecule has 4 aromatic rings. The van der Waals surface area contributed by atoms with Crippen molar-refractivity contribution in [2.75, 3.05) is 5.32 Å². The zero-order chi connectivity index (χ0) is 18.1. The van der Waals surface area contributed by atoms with Gasteiger partial charge in [0.05, 0.1) is 23.7 Å². The summed E-state index contributed by atoms with van der Waals surface area (Å²) in [5, 5.41) is 10.1. The first-order chi connectivity index (χ1) is 12.6. The van der Waals surface area contributed by atoms with Gasteiger partial charge >= 0.3 is 0 Å². The van der Waals surface area contributed by atoms with E-state index in [-0.39, 0.29) is 5.91 Å². The van der Waals surface area contributed by atoms with Gasteiger partial charge < -0.3 is 5.32 Å². The number of anilines is 1. The lowest BCUT2D eigenvalue weighted by Gasteiger charge is -2.09. The second-order valence-electron chi connectivity index (χ2n) is 6.05. The second kappa shape index (κ2) is 6.68. The Bertz CT molecular complexity index is 1080. The molecule has 6 nitrogen and oxygen atoms in total. The van der Waals surface area contributed by atoms with Gasteiger partial charge in [0.25, 0.3) is 5.91 Å². The van der Waals surface area contributed by atoms with Crippen LogP contribution in [-0.4, -0.2) is 25.7 Å². The first-order valence-electron chi connectivity index (χ1n) is 8.20. The topological polar surface area (TPSA) is 72.7 Å². The fourth-order valence-corrected chi connectivity index (χ4v) is 3.50. The van der Waals surface area contributed by atoms with E-state index in [4.69, 9.17) is 0 Å². The van der Waals surface area contributed by atoms with Gasteiger partial charge in [0.1, 0.15) is 5.82 Å². The first-order valence-corrected chi connectivity index (χ1v) is 9.08. The highest BCUT2D eigenvalue weighted by molar-refractivity contribution is 7.09. The summed E-state index contributed by atoms with van der Waals surface area (Å²) >= 11 is 1.67. The normalized spacial score (nSPS) is 11.0. The van der Waals surface area contributed by atoms with Gasteiger partial charge in [-0.2, -0.15) is 5.10 Å². The summed E-state index contributed by atoms with van der Waals surface area (Å²) in [4.78, 5) is 22.9. The molecule has 0 unspecified atom stereocenters. The van der Waals surface area contributed by atoms with Crippen molar-refractivity contribution >= 4 is 34.1 Å². The second-order valence-corrected chi connectivity index (χ2v) is 7.09. The monoisotopic (exact) mass is 363 g/mol. The maximum Gasteiger partial charge on any atom is 0.257 e. The Labute approximate surface area is 154 Å². The molecule has 0 fully saturated rings. The Morgan fingerprint density at radius 1 is 1.27 bits per heavy atom. The van der Waals surface area contributed by atoms with Crippen molar-refractivity contribution in [3.8, 4) is 0 Å². The summed E-state index contributed by atoms with van der Waals surface area (Å²) in [5.74, 6) is 0.351. The summed E-state index contributed by atoms with van der Waals surface area (Å²) in [6.45, 7) is 4.43. The van der Waals surface area contributed by atoms with Crippen LogP contribution in [0.3, 0.4) is 0 Å². The predicted octanol–water partition coefficient (Wildman–Crippen LogP) is 3.81. The molecule has 130 valence electrons. The van der Waals surface area contributed by atoms with E-state index in [1.54, 1.807) is 29.8 Å². The van der Waals surface area contributed by atoms with E-state index in [1.807, 2.05) is 42.1 Å². The lowest BCUT2D eigenvalue weighted by molar-refractivity contribution is 0.102. The maximum atomic E-state index is 12.8. The minimum absolute atomic E-state index is 0.210. The van der Waals surface area contributed by atoms with Gasteiger partial charge in [0.15, 0.2) is 5.65 Å². The number of thiophene rings is 1. The SMILES string of the molecule is Cc1cc(C(=O)Nc2ncccc2C)c2cnn(Cc3cccs3)c2n1. The Morgan fingerprint density at radius 3 is 2.92 bits per heavy atom. The van der Waals surface area contributed by atoms with Gasteiger partial charge in [-0.05, 0) is 43.0 Å². The third kappa shape index (κ3) is 3.09. The van der Waals surface area contributed by atoms with Crippen molar-refractivity contribution in [1.82, 2.24) is 19.7 Å². The lowest BCUT2D eigenvalue weighted by Crippen LogP contribution is -2.15. The largest absolute Gasteiger partial charge is 0.306 e. The van der Waals surface area contributed by atoms with Crippen LogP contribution in [-0.2, 0) is 6.54 Å². The van der Waals surface area contributed by atoms with E-state index in [9.17, 15) is 4.79 Å². The van der Waals surface area contributed by atoms with E-state index >= 15 is 0 Å². The van der Waals surface area contributed by atoms with Crippen molar-refractivity contribution in [3.05, 3.63) is 69.8 Å². The Balaban J connectivity index is 1.72.